The minimum Gasteiger partial charge on any atom is -0.340 e. The van der Waals surface area contributed by atoms with Crippen molar-refractivity contribution in [2.24, 2.45) is 7.05 Å². The lowest BCUT2D eigenvalue weighted by Crippen LogP contribution is -2.18. The van der Waals surface area contributed by atoms with Gasteiger partial charge in [0.15, 0.2) is 0 Å². The maximum absolute atomic E-state index is 9.11. The number of benzene rings is 1. The highest BCUT2D eigenvalue weighted by atomic mass is 15.3. The SMILES string of the molecule is Cc1c(CNC(C)c2ccc(-n3cncn3)cc2)cc(C#N)n1C. The lowest BCUT2D eigenvalue weighted by molar-refractivity contribution is 0.572. The molecule has 1 N–H and O–H groups in total. The highest BCUT2D eigenvalue weighted by Gasteiger charge is 2.11. The number of nitrogens with zero attached hydrogens (tertiary/aromatic N) is 5. The summed E-state index contributed by atoms with van der Waals surface area (Å²) >= 11 is 0. The summed E-state index contributed by atoms with van der Waals surface area (Å²) in [5.41, 5.74) is 5.15. The van der Waals surface area contributed by atoms with Crippen molar-refractivity contribution in [3.63, 3.8) is 0 Å². The zero-order valence-corrected chi connectivity index (χ0v) is 14.1. The second kappa shape index (κ2) is 6.69. The third kappa shape index (κ3) is 3.07. The number of hydrogen-bond donors (Lipinski definition) is 1. The number of nitrogens with one attached hydrogen (secondary N) is 1. The van der Waals surface area contributed by atoms with Gasteiger partial charge in [0.2, 0.25) is 0 Å². The molecule has 0 saturated carbocycles. The van der Waals surface area contributed by atoms with Crippen molar-refractivity contribution in [3.8, 4) is 11.8 Å². The molecule has 122 valence electrons. The van der Waals surface area contributed by atoms with Gasteiger partial charge >= 0.3 is 0 Å². The van der Waals surface area contributed by atoms with Gasteiger partial charge in [-0.25, -0.2) is 9.67 Å². The van der Waals surface area contributed by atoms with E-state index in [-0.39, 0.29) is 6.04 Å². The van der Waals surface area contributed by atoms with Crippen LogP contribution in [0.2, 0.25) is 0 Å². The van der Waals surface area contributed by atoms with Gasteiger partial charge in [-0.1, -0.05) is 12.1 Å². The van der Waals surface area contributed by atoms with E-state index in [2.05, 4.69) is 40.5 Å². The Bertz CT molecular complexity index is 852. The molecular weight excluding hydrogens is 300 g/mol. The summed E-state index contributed by atoms with van der Waals surface area (Å²) in [5.74, 6) is 0. The van der Waals surface area contributed by atoms with Crippen LogP contribution in [0.25, 0.3) is 5.69 Å². The molecule has 0 bridgehead atoms. The maximum atomic E-state index is 9.11. The zero-order chi connectivity index (χ0) is 17.1. The average molecular weight is 320 g/mol. The van der Waals surface area contributed by atoms with Crippen LogP contribution < -0.4 is 5.32 Å². The first kappa shape index (κ1) is 16.0. The summed E-state index contributed by atoms with van der Waals surface area (Å²) in [5, 5.41) is 16.8. The molecule has 0 fully saturated rings. The molecule has 0 aliphatic heterocycles. The Balaban J connectivity index is 1.67. The van der Waals surface area contributed by atoms with Gasteiger partial charge in [0.1, 0.15) is 24.4 Å². The zero-order valence-electron chi connectivity index (χ0n) is 14.1. The summed E-state index contributed by atoms with van der Waals surface area (Å²) in [6, 6.07) is 12.6. The average Bonchev–Trinajstić information content (AvgIpc) is 3.23. The van der Waals surface area contributed by atoms with E-state index in [9.17, 15) is 0 Å². The Hall–Kier alpha value is -2.91. The first-order valence-electron chi connectivity index (χ1n) is 7.83. The van der Waals surface area contributed by atoms with Crippen molar-refractivity contribution in [2.75, 3.05) is 0 Å². The highest BCUT2D eigenvalue weighted by molar-refractivity contribution is 5.36. The molecule has 6 heteroatoms. The van der Waals surface area contributed by atoms with E-state index >= 15 is 0 Å². The minimum absolute atomic E-state index is 0.208. The third-order valence-electron chi connectivity index (χ3n) is 4.43. The summed E-state index contributed by atoms with van der Waals surface area (Å²) in [6.45, 7) is 4.90. The van der Waals surface area contributed by atoms with Crippen LogP contribution in [0.15, 0.2) is 43.0 Å². The smallest absolute Gasteiger partial charge is 0.138 e. The van der Waals surface area contributed by atoms with Gasteiger partial charge in [-0.2, -0.15) is 10.4 Å². The topological polar surface area (TPSA) is 71.5 Å². The number of nitriles is 1. The van der Waals surface area contributed by atoms with Gasteiger partial charge in [0.25, 0.3) is 0 Å². The maximum Gasteiger partial charge on any atom is 0.138 e. The van der Waals surface area contributed by atoms with Gasteiger partial charge in [0.05, 0.1) is 5.69 Å². The summed E-state index contributed by atoms with van der Waals surface area (Å²) in [4.78, 5) is 3.96. The molecule has 3 rings (SSSR count). The van der Waals surface area contributed by atoms with E-state index in [0.717, 1.165) is 23.5 Å². The van der Waals surface area contributed by atoms with E-state index in [1.807, 2.05) is 36.7 Å². The van der Waals surface area contributed by atoms with Crippen molar-refractivity contribution in [3.05, 3.63) is 65.5 Å². The van der Waals surface area contributed by atoms with Gasteiger partial charge in [-0.05, 0) is 43.2 Å². The van der Waals surface area contributed by atoms with E-state index < -0.39 is 0 Å². The molecule has 3 aromatic rings. The second-order valence-corrected chi connectivity index (χ2v) is 5.85. The van der Waals surface area contributed by atoms with Gasteiger partial charge < -0.3 is 9.88 Å². The molecule has 2 heterocycles. The number of aromatic nitrogens is 4. The molecule has 0 aliphatic rings. The molecule has 0 radical (unpaired) electrons. The fourth-order valence-corrected chi connectivity index (χ4v) is 2.69. The van der Waals surface area contributed by atoms with Crippen LogP contribution in [0.3, 0.4) is 0 Å². The first-order valence-corrected chi connectivity index (χ1v) is 7.83. The van der Waals surface area contributed by atoms with Crippen LogP contribution in [0.4, 0.5) is 0 Å². The largest absolute Gasteiger partial charge is 0.340 e. The quantitative estimate of drug-likeness (QED) is 0.784. The molecule has 0 aliphatic carbocycles. The molecule has 0 spiro atoms. The van der Waals surface area contributed by atoms with Gasteiger partial charge in [-0.15, -0.1) is 0 Å². The van der Waals surface area contributed by atoms with Crippen LogP contribution in [0.5, 0.6) is 0 Å². The van der Waals surface area contributed by atoms with E-state index in [0.29, 0.717) is 5.69 Å². The lowest BCUT2D eigenvalue weighted by Gasteiger charge is -2.15. The second-order valence-electron chi connectivity index (χ2n) is 5.85. The molecule has 2 aromatic heterocycles. The van der Waals surface area contributed by atoms with Crippen molar-refractivity contribution >= 4 is 0 Å². The van der Waals surface area contributed by atoms with Gasteiger partial charge in [0, 0.05) is 25.3 Å². The predicted octanol–water partition coefficient (Wildman–Crippen LogP) is 2.64. The fourth-order valence-electron chi connectivity index (χ4n) is 2.69. The molecule has 1 aromatic carbocycles. The Kier molecular flexibility index (Phi) is 4.45. The molecule has 6 nitrogen and oxygen atoms in total. The van der Waals surface area contributed by atoms with E-state index in [4.69, 9.17) is 5.26 Å². The van der Waals surface area contributed by atoms with Crippen LogP contribution in [0, 0.1) is 18.3 Å². The predicted molar refractivity (Wildman–Crippen MR) is 91.5 cm³/mol. The molecule has 0 saturated heterocycles. The normalized spacial score (nSPS) is 12.1. The monoisotopic (exact) mass is 320 g/mol. The summed E-state index contributed by atoms with van der Waals surface area (Å²) < 4.78 is 3.66. The summed E-state index contributed by atoms with van der Waals surface area (Å²) in [7, 11) is 1.92. The molecule has 24 heavy (non-hydrogen) atoms. The first-order chi connectivity index (χ1) is 11.6. The Labute approximate surface area is 141 Å². The van der Waals surface area contributed by atoms with Crippen LogP contribution in [-0.4, -0.2) is 19.3 Å². The molecule has 0 amide bonds. The van der Waals surface area contributed by atoms with Crippen molar-refractivity contribution in [1.82, 2.24) is 24.6 Å². The van der Waals surface area contributed by atoms with Crippen molar-refractivity contribution < 1.29 is 0 Å². The van der Waals surface area contributed by atoms with Crippen LogP contribution in [0.1, 0.15) is 35.5 Å². The van der Waals surface area contributed by atoms with E-state index in [1.54, 1.807) is 11.0 Å². The van der Waals surface area contributed by atoms with Gasteiger partial charge in [-0.3, -0.25) is 0 Å². The van der Waals surface area contributed by atoms with E-state index in [1.165, 1.54) is 11.9 Å². The van der Waals surface area contributed by atoms with Crippen LogP contribution >= 0.6 is 0 Å². The Morgan fingerprint density at radius 3 is 2.62 bits per heavy atom. The number of rotatable bonds is 5. The highest BCUT2D eigenvalue weighted by Crippen LogP contribution is 2.18. The Morgan fingerprint density at radius 1 is 1.29 bits per heavy atom. The minimum atomic E-state index is 0.208. The van der Waals surface area contributed by atoms with Crippen molar-refractivity contribution in [1.29, 1.82) is 5.26 Å². The standard InChI is InChI=1S/C18H20N6/c1-13(21-10-16-8-18(9-19)23(3)14(16)2)15-4-6-17(7-5-15)24-12-20-11-22-24/h4-8,11-13,21H,10H2,1-3H3. The number of hydrogen-bond acceptors (Lipinski definition) is 4. The summed E-state index contributed by atoms with van der Waals surface area (Å²) in [6.07, 6.45) is 3.21. The molecule has 1 atom stereocenters. The lowest BCUT2D eigenvalue weighted by atomic mass is 10.1. The molecular formula is C18H20N6. The van der Waals surface area contributed by atoms with Crippen LogP contribution in [-0.2, 0) is 13.6 Å². The Morgan fingerprint density at radius 2 is 2.04 bits per heavy atom. The van der Waals surface area contributed by atoms with Crippen molar-refractivity contribution in [2.45, 2.75) is 26.4 Å². The molecule has 1 unspecified atom stereocenters. The fraction of sp³-hybridized carbons (Fsp3) is 0.278. The third-order valence-corrected chi connectivity index (χ3v) is 4.43.